The van der Waals surface area contributed by atoms with Crippen LogP contribution in [0.5, 0.6) is 28.7 Å². The van der Waals surface area contributed by atoms with Crippen LogP contribution in [0.3, 0.4) is 0 Å². The molecule has 8 heteroatoms. The summed E-state index contributed by atoms with van der Waals surface area (Å²) < 4.78 is 15.9. The van der Waals surface area contributed by atoms with Crippen molar-refractivity contribution in [1.29, 1.82) is 0 Å². The highest BCUT2D eigenvalue weighted by Gasteiger charge is 2.15. The van der Waals surface area contributed by atoms with Gasteiger partial charge in [-0.05, 0) is 72.8 Å². The summed E-state index contributed by atoms with van der Waals surface area (Å²) in [6.45, 7) is 0. The number of ether oxygens (including phenoxy) is 3. The molecule has 0 saturated carbocycles. The van der Waals surface area contributed by atoms with E-state index < -0.39 is 0 Å². The highest BCUT2D eigenvalue weighted by Crippen LogP contribution is 2.27. The van der Waals surface area contributed by atoms with Gasteiger partial charge in [-0.2, -0.15) is 0 Å². The van der Waals surface area contributed by atoms with Crippen molar-refractivity contribution in [3.8, 4) is 28.7 Å². The van der Waals surface area contributed by atoms with Crippen molar-refractivity contribution < 1.29 is 34.0 Å². The van der Waals surface area contributed by atoms with Crippen molar-refractivity contribution in [2.24, 2.45) is 0 Å². The van der Waals surface area contributed by atoms with Crippen molar-refractivity contribution in [3.63, 3.8) is 0 Å². The first kappa shape index (κ1) is 27.3. The maximum atomic E-state index is 12.2. The van der Waals surface area contributed by atoms with Gasteiger partial charge in [0.15, 0.2) is 11.6 Å². The summed E-state index contributed by atoms with van der Waals surface area (Å²) >= 11 is 3.31. The van der Waals surface area contributed by atoms with Crippen LogP contribution in [0.2, 0.25) is 0 Å². The summed E-state index contributed by atoms with van der Waals surface area (Å²) in [7, 11) is 4.57. The third kappa shape index (κ3) is 6.89. The van der Waals surface area contributed by atoms with Gasteiger partial charge in [-0.15, -0.1) is 0 Å². The second kappa shape index (κ2) is 12.6. The average Bonchev–Trinajstić information content (AvgIpc) is 2.93. The molecule has 2 N–H and O–H groups in total. The molecular formula is C29H25BrO7. The van der Waals surface area contributed by atoms with Crippen molar-refractivity contribution in [2.75, 3.05) is 21.3 Å². The lowest BCUT2D eigenvalue weighted by Crippen LogP contribution is -2.01. The molecule has 7 nitrogen and oxygen atoms in total. The fraction of sp³-hybridized carbons (Fsp3) is 0.103. The van der Waals surface area contributed by atoms with E-state index in [9.17, 15) is 19.8 Å². The predicted molar refractivity (Wildman–Crippen MR) is 143 cm³/mol. The number of methoxy groups -OCH3 is 3. The number of carbonyl (C=O) groups excluding carboxylic acids is 2. The molecule has 0 heterocycles. The van der Waals surface area contributed by atoms with E-state index in [2.05, 4.69) is 15.9 Å². The van der Waals surface area contributed by atoms with Crippen LogP contribution in [0.15, 0.2) is 89.4 Å². The number of hydrogen-bond donors (Lipinski definition) is 2. The minimum Gasteiger partial charge on any atom is -0.507 e. The van der Waals surface area contributed by atoms with Crippen LogP contribution < -0.4 is 14.2 Å². The van der Waals surface area contributed by atoms with Crippen LogP contribution >= 0.6 is 15.9 Å². The summed E-state index contributed by atoms with van der Waals surface area (Å²) in [6.07, 6.45) is 0. The number of phenols is 2. The number of aromatic hydroxyl groups is 2. The zero-order valence-corrected chi connectivity index (χ0v) is 22.0. The van der Waals surface area contributed by atoms with Gasteiger partial charge < -0.3 is 24.4 Å². The molecule has 0 aliphatic rings. The van der Waals surface area contributed by atoms with Gasteiger partial charge >= 0.3 is 0 Å². The Balaban J connectivity index is 0.000000206. The number of benzene rings is 4. The van der Waals surface area contributed by atoms with E-state index in [0.717, 1.165) is 4.47 Å². The van der Waals surface area contributed by atoms with Gasteiger partial charge in [0, 0.05) is 27.7 Å². The Labute approximate surface area is 223 Å². The highest BCUT2D eigenvalue weighted by molar-refractivity contribution is 9.10. The standard InChI is InChI=1S/C15H14O4.C14H11BrO3/c1-18-11-5-3-10(4-6-11)15(17)13-8-7-12(19-2)9-14(13)16;1-18-11-6-7-12(13(16)8-11)14(17)9-2-4-10(15)5-3-9/h3-9,16H,1-2H3;2-8,16H,1H3. The minimum absolute atomic E-state index is 0.0812. The average molecular weight is 565 g/mol. The van der Waals surface area contributed by atoms with Crippen LogP contribution in [-0.4, -0.2) is 43.1 Å². The van der Waals surface area contributed by atoms with E-state index in [4.69, 9.17) is 14.2 Å². The van der Waals surface area contributed by atoms with Crippen LogP contribution in [0, 0.1) is 0 Å². The number of ketones is 2. The lowest BCUT2D eigenvalue weighted by molar-refractivity contribution is 0.102. The summed E-state index contributed by atoms with van der Waals surface area (Å²) in [4.78, 5) is 24.4. The summed E-state index contributed by atoms with van der Waals surface area (Å²) in [5.41, 5.74) is 1.52. The third-order valence-corrected chi connectivity index (χ3v) is 5.89. The Hall–Kier alpha value is -4.30. The molecule has 0 radical (unpaired) electrons. The van der Waals surface area contributed by atoms with Gasteiger partial charge in [-0.3, -0.25) is 9.59 Å². The summed E-state index contributed by atoms with van der Waals surface area (Å²) in [5.74, 6) is 1.05. The van der Waals surface area contributed by atoms with E-state index >= 15 is 0 Å². The molecule has 0 unspecified atom stereocenters. The van der Waals surface area contributed by atoms with Crippen molar-refractivity contribution in [2.45, 2.75) is 0 Å². The topological polar surface area (TPSA) is 102 Å². The minimum atomic E-state index is -0.247. The molecule has 0 spiro atoms. The zero-order valence-electron chi connectivity index (χ0n) is 20.4. The van der Waals surface area contributed by atoms with Crippen LogP contribution in [-0.2, 0) is 0 Å². The predicted octanol–water partition coefficient (Wildman–Crippen LogP) is 6.03. The molecule has 0 saturated heterocycles. The SMILES string of the molecule is COc1ccc(C(=O)c2ccc(Br)cc2)c(O)c1.COc1ccc(C(=O)c2ccc(OC)cc2O)cc1. The van der Waals surface area contributed by atoms with Gasteiger partial charge in [-0.25, -0.2) is 0 Å². The number of rotatable bonds is 7. The van der Waals surface area contributed by atoms with Crippen LogP contribution in [0.1, 0.15) is 31.8 Å². The van der Waals surface area contributed by atoms with Crippen molar-refractivity contribution in [3.05, 3.63) is 112 Å². The monoisotopic (exact) mass is 564 g/mol. The van der Waals surface area contributed by atoms with Crippen molar-refractivity contribution in [1.82, 2.24) is 0 Å². The molecule has 4 aromatic rings. The highest BCUT2D eigenvalue weighted by atomic mass is 79.9. The van der Waals surface area contributed by atoms with E-state index in [1.54, 1.807) is 79.9 Å². The maximum Gasteiger partial charge on any atom is 0.196 e. The second-order valence-electron chi connectivity index (χ2n) is 7.66. The Kier molecular flexibility index (Phi) is 9.29. The molecular weight excluding hydrogens is 540 g/mol. The van der Waals surface area contributed by atoms with E-state index in [1.165, 1.54) is 26.4 Å². The van der Waals surface area contributed by atoms with E-state index in [1.807, 2.05) is 0 Å². The first-order valence-electron chi connectivity index (χ1n) is 11.0. The number of phenolic OH excluding ortho intramolecular Hbond substituents is 2. The Morgan fingerprint density at radius 1 is 0.568 bits per heavy atom. The number of hydrogen-bond acceptors (Lipinski definition) is 7. The van der Waals surface area contributed by atoms with Crippen LogP contribution in [0.25, 0.3) is 0 Å². The smallest absolute Gasteiger partial charge is 0.196 e. The molecule has 0 aromatic heterocycles. The molecule has 0 bridgehead atoms. The fourth-order valence-electron chi connectivity index (χ4n) is 3.32. The summed E-state index contributed by atoms with van der Waals surface area (Å²) in [6, 6.07) is 22.9. The first-order valence-corrected chi connectivity index (χ1v) is 11.8. The second-order valence-corrected chi connectivity index (χ2v) is 8.58. The molecule has 0 amide bonds. The molecule has 37 heavy (non-hydrogen) atoms. The van der Waals surface area contributed by atoms with Gasteiger partial charge in [0.1, 0.15) is 28.7 Å². The van der Waals surface area contributed by atoms with Gasteiger partial charge in [0.05, 0.1) is 32.5 Å². The van der Waals surface area contributed by atoms with E-state index in [-0.39, 0.29) is 34.2 Å². The molecule has 0 aliphatic carbocycles. The van der Waals surface area contributed by atoms with Gasteiger partial charge in [0.25, 0.3) is 0 Å². The maximum absolute atomic E-state index is 12.2. The molecule has 0 atom stereocenters. The molecule has 4 rings (SSSR count). The lowest BCUT2D eigenvalue weighted by Gasteiger charge is -2.07. The molecule has 0 fully saturated rings. The molecule has 190 valence electrons. The first-order chi connectivity index (χ1) is 17.8. The normalized spacial score (nSPS) is 10.1. The van der Waals surface area contributed by atoms with Gasteiger partial charge in [0.2, 0.25) is 0 Å². The van der Waals surface area contributed by atoms with Crippen LogP contribution in [0.4, 0.5) is 0 Å². The van der Waals surface area contributed by atoms with Crippen molar-refractivity contribution >= 4 is 27.5 Å². The lowest BCUT2D eigenvalue weighted by atomic mass is 10.0. The summed E-state index contributed by atoms with van der Waals surface area (Å²) in [5, 5.41) is 19.6. The largest absolute Gasteiger partial charge is 0.507 e. The molecule has 0 aliphatic heterocycles. The zero-order chi connectivity index (χ0) is 26.9. The van der Waals surface area contributed by atoms with Gasteiger partial charge in [-0.1, -0.05) is 15.9 Å². The number of carbonyl (C=O) groups is 2. The number of halogens is 1. The quantitative estimate of drug-likeness (QED) is 0.264. The molecule has 4 aromatic carbocycles. The Morgan fingerprint density at radius 2 is 0.919 bits per heavy atom. The Bertz CT molecular complexity index is 1380. The fourth-order valence-corrected chi connectivity index (χ4v) is 3.58. The third-order valence-electron chi connectivity index (χ3n) is 5.36. The van der Waals surface area contributed by atoms with E-state index in [0.29, 0.717) is 28.4 Å². The Morgan fingerprint density at radius 3 is 1.27 bits per heavy atom.